The van der Waals surface area contributed by atoms with E-state index in [0.717, 1.165) is 50.7 Å². The number of hydrogen-bond donors (Lipinski definition) is 3. The van der Waals surface area contributed by atoms with Gasteiger partial charge >= 0.3 is 5.97 Å². The third-order valence-electron chi connectivity index (χ3n) is 5.66. The van der Waals surface area contributed by atoms with Gasteiger partial charge in [-0.05, 0) is 53.1 Å². The summed E-state index contributed by atoms with van der Waals surface area (Å²) in [6, 6.07) is 24.9. The van der Waals surface area contributed by atoms with Crippen LogP contribution in [0.2, 0.25) is 0 Å². The van der Waals surface area contributed by atoms with Crippen molar-refractivity contribution >= 4 is 34.3 Å². The second-order valence-corrected chi connectivity index (χ2v) is 8.92. The normalized spacial score (nSPS) is 11.1. The van der Waals surface area contributed by atoms with E-state index in [4.69, 9.17) is 9.94 Å². The van der Waals surface area contributed by atoms with Gasteiger partial charge < -0.3 is 9.67 Å². The molecule has 35 heavy (non-hydrogen) atoms. The zero-order valence-electron chi connectivity index (χ0n) is 19.1. The molecule has 0 fully saturated rings. The third-order valence-corrected chi connectivity index (χ3v) is 6.49. The Balaban J connectivity index is 1.54. The maximum atomic E-state index is 10.9. The summed E-state index contributed by atoms with van der Waals surface area (Å²) in [7, 11) is 3.64. The van der Waals surface area contributed by atoms with Gasteiger partial charge in [-0.2, -0.15) is 0 Å². The van der Waals surface area contributed by atoms with Crippen molar-refractivity contribution in [2.24, 2.45) is 7.05 Å². The van der Waals surface area contributed by atoms with Crippen molar-refractivity contribution in [3.05, 3.63) is 72.8 Å². The molecule has 3 aromatic carbocycles. The van der Waals surface area contributed by atoms with E-state index >= 15 is 0 Å². The number of hydrogen-bond acceptors (Lipinski definition) is 6. The Bertz CT molecular complexity index is 1510. The molecule has 2 heterocycles. The highest BCUT2D eigenvalue weighted by Crippen LogP contribution is 2.34. The number of fused-ring (bicyclic) bond motifs is 1. The number of nitrogens with one attached hydrogen (secondary N) is 2. The summed E-state index contributed by atoms with van der Waals surface area (Å²) in [4.78, 5) is 20.5. The predicted octanol–water partition coefficient (Wildman–Crippen LogP) is 5.45. The van der Waals surface area contributed by atoms with E-state index in [2.05, 4.69) is 68.7 Å². The molecular weight excluding hydrogens is 462 g/mol. The van der Waals surface area contributed by atoms with Crippen LogP contribution in [0.25, 0.3) is 44.7 Å². The van der Waals surface area contributed by atoms with Crippen LogP contribution in [0.4, 0.5) is 5.69 Å². The van der Waals surface area contributed by atoms with Gasteiger partial charge in [0.2, 0.25) is 5.16 Å². The van der Waals surface area contributed by atoms with Crippen molar-refractivity contribution in [2.75, 3.05) is 18.3 Å². The van der Waals surface area contributed by atoms with Gasteiger partial charge in [-0.1, -0.05) is 48.2 Å². The standard InChI is InChI=1S/C26H23N5O3S/c1-31-22-9-8-17(10-19(22)14-23(31)16-6-4-3-5-7-16)18-11-20(13-21(12-18)30-34-2)25-27-26(29-28-25)35-15-24(32)33/h3-14,30H,15H2,1-2H3,(H,32,33)(H,27,28,29). The number of benzene rings is 3. The largest absolute Gasteiger partial charge is 0.481 e. The summed E-state index contributed by atoms with van der Waals surface area (Å²) in [5.74, 6) is -0.469. The fraction of sp³-hybridized carbons (Fsp3) is 0.115. The molecule has 0 saturated heterocycles. The molecule has 5 aromatic rings. The first-order chi connectivity index (χ1) is 17.0. The lowest BCUT2D eigenvalue weighted by molar-refractivity contribution is -0.133. The van der Waals surface area contributed by atoms with Crippen LogP contribution in [0.1, 0.15) is 0 Å². The topological polar surface area (TPSA) is 105 Å². The number of aromatic nitrogens is 4. The van der Waals surface area contributed by atoms with E-state index in [1.165, 1.54) is 5.56 Å². The lowest BCUT2D eigenvalue weighted by Crippen LogP contribution is -1.98. The minimum Gasteiger partial charge on any atom is -0.481 e. The summed E-state index contributed by atoms with van der Waals surface area (Å²) in [5, 5.41) is 17.5. The van der Waals surface area contributed by atoms with Crippen LogP contribution in [-0.4, -0.2) is 43.7 Å². The second-order valence-electron chi connectivity index (χ2n) is 7.98. The number of aromatic amines is 1. The quantitative estimate of drug-likeness (QED) is 0.198. The molecule has 0 aliphatic heterocycles. The fourth-order valence-electron chi connectivity index (χ4n) is 4.09. The maximum Gasteiger partial charge on any atom is 0.313 e. The van der Waals surface area contributed by atoms with E-state index in [-0.39, 0.29) is 5.75 Å². The molecule has 0 aliphatic rings. The molecule has 0 bridgehead atoms. The van der Waals surface area contributed by atoms with E-state index in [0.29, 0.717) is 11.0 Å². The molecule has 0 unspecified atom stereocenters. The molecule has 0 atom stereocenters. The molecule has 8 nitrogen and oxygen atoms in total. The zero-order chi connectivity index (χ0) is 24.4. The van der Waals surface area contributed by atoms with Gasteiger partial charge in [0.15, 0.2) is 5.82 Å². The highest BCUT2D eigenvalue weighted by atomic mass is 32.2. The summed E-state index contributed by atoms with van der Waals surface area (Å²) in [6.07, 6.45) is 0. The SMILES string of the molecule is CONc1cc(-c2ccc3c(c2)cc(-c2ccccc2)n3C)cc(-c2nc(SCC(=O)O)n[nH]2)c1. The van der Waals surface area contributed by atoms with Crippen molar-refractivity contribution in [1.29, 1.82) is 0 Å². The molecule has 9 heteroatoms. The van der Waals surface area contributed by atoms with Crippen LogP contribution >= 0.6 is 11.8 Å². The van der Waals surface area contributed by atoms with E-state index in [1.807, 2.05) is 36.4 Å². The van der Waals surface area contributed by atoms with Gasteiger partial charge in [0.05, 0.1) is 18.6 Å². The molecule has 176 valence electrons. The van der Waals surface area contributed by atoms with Crippen LogP contribution in [0.5, 0.6) is 0 Å². The Labute approximate surface area is 205 Å². The monoisotopic (exact) mass is 485 g/mol. The van der Waals surface area contributed by atoms with Gasteiger partial charge in [0.25, 0.3) is 0 Å². The molecule has 0 saturated carbocycles. The maximum absolute atomic E-state index is 10.9. The molecular formula is C26H23N5O3S. The predicted molar refractivity (Wildman–Crippen MR) is 138 cm³/mol. The van der Waals surface area contributed by atoms with Crippen molar-refractivity contribution < 1.29 is 14.7 Å². The van der Waals surface area contributed by atoms with Crippen LogP contribution in [0.15, 0.2) is 78.0 Å². The number of aliphatic carboxylic acids is 1. The number of nitrogens with zero attached hydrogens (tertiary/aromatic N) is 3. The Morgan fingerprint density at radius 2 is 1.83 bits per heavy atom. The number of carbonyl (C=O) groups is 1. The highest BCUT2D eigenvalue weighted by Gasteiger charge is 2.13. The van der Waals surface area contributed by atoms with E-state index in [1.54, 1.807) is 7.11 Å². The van der Waals surface area contributed by atoms with Gasteiger partial charge in [0, 0.05) is 29.2 Å². The number of anilines is 1. The molecule has 3 N–H and O–H groups in total. The lowest BCUT2D eigenvalue weighted by atomic mass is 10.0. The summed E-state index contributed by atoms with van der Waals surface area (Å²) in [6.45, 7) is 0. The first kappa shape index (κ1) is 22.7. The Morgan fingerprint density at radius 3 is 2.60 bits per heavy atom. The van der Waals surface area contributed by atoms with E-state index < -0.39 is 5.97 Å². The number of aryl methyl sites for hydroxylation is 1. The van der Waals surface area contributed by atoms with Crippen molar-refractivity contribution in [1.82, 2.24) is 19.7 Å². The van der Waals surface area contributed by atoms with Crippen molar-refractivity contribution in [3.63, 3.8) is 0 Å². The van der Waals surface area contributed by atoms with E-state index in [9.17, 15) is 4.79 Å². The Morgan fingerprint density at radius 1 is 1.03 bits per heavy atom. The van der Waals surface area contributed by atoms with Crippen molar-refractivity contribution in [3.8, 4) is 33.8 Å². The number of H-pyrrole nitrogens is 1. The highest BCUT2D eigenvalue weighted by molar-refractivity contribution is 7.99. The molecule has 0 aliphatic carbocycles. The van der Waals surface area contributed by atoms with Gasteiger partial charge in [-0.25, -0.2) is 4.98 Å². The van der Waals surface area contributed by atoms with Gasteiger partial charge in [0.1, 0.15) is 0 Å². The first-order valence-electron chi connectivity index (χ1n) is 10.9. The average Bonchev–Trinajstić information content (AvgIpc) is 3.48. The average molecular weight is 486 g/mol. The van der Waals surface area contributed by atoms with Crippen LogP contribution < -0.4 is 5.48 Å². The number of thioether (sulfide) groups is 1. The third kappa shape index (κ3) is 4.77. The van der Waals surface area contributed by atoms with Crippen LogP contribution in [0.3, 0.4) is 0 Å². The Kier molecular flexibility index (Phi) is 6.26. The number of carboxylic acids is 1. The van der Waals surface area contributed by atoms with Crippen LogP contribution in [-0.2, 0) is 16.7 Å². The number of rotatable bonds is 8. The summed E-state index contributed by atoms with van der Waals surface area (Å²) in [5.41, 5.74) is 9.95. The molecule has 0 radical (unpaired) electrons. The summed E-state index contributed by atoms with van der Waals surface area (Å²) >= 11 is 1.07. The zero-order valence-corrected chi connectivity index (χ0v) is 20.0. The Hall–Kier alpha value is -4.08. The number of carboxylic acid groups (broad SMARTS) is 1. The smallest absolute Gasteiger partial charge is 0.313 e. The second kappa shape index (κ2) is 9.65. The van der Waals surface area contributed by atoms with Gasteiger partial charge in [-0.15, -0.1) is 5.10 Å². The first-order valence-corrected chi connectivity index (χ1v) is 11.9. The molecule has 0 spiro atoms. The van der Waals surface area contributed by atoms with Crippen LogP contribution in [0, 0.1) is 0 Å². The van der Waals surface area contributed by atoms with Crippen molar-refractivity contribution in [2.45, 2.75) is 5.16 Å². The minimum atomic E-state index is -0.915. The fourth-order valence-corrected chi connectivity index (χ4v) is 4.61. The minimum absolute atomic E-state index is 0.101. The molecule has 5 rings (SSSR count). The molecule has 2 aromatic heterocycles. The lowest BCUT2D eigenvalue weighted by Gasteiger charge is -2.10. The summed E-state index contributed by atoms with van der Waals surface area (Å²) < 4.78 is 2.20. The molecule has 0 amide bonds. The van der Waals surface area contributed by atoms with Gasteiger partial charge in [-0.3, -0.25) is 20.2 Å².